The van der Waals surface area contributed by atoms with Crippen LogP contribution in [0.3, 0.4) is 0 Å². The van der Waals surface area contributed by atoms with E-state index in [0.717, 1.165) is 76.5 Å². The fourth-order valence-electron chi connectivity index (χ4n) is 6.56. The van der Waals surface area contributed by atoms with Crippen molar-refractivity contribution in [2.75, 3.05) is 0 Å². The Hall–Kier alpha value is -5.40. The van der Waals surface area contributed by atoms with Crippen LogP contribution in [0.4, 0.5) is 0 Å². The summed E-state index contributed by atoms with van der Waals surface area (Å²) < 4.78 is 48.5. The molecule has 0 N–H and O–H groups in total. The molecule has 0 fully saturated rings. The van der Waals surface area contributed by atoms with Crippen LogP contribution in [0.5, 0.6) is 0 Å². The van der Waals surface area contributed by atoms with Crippen molar-refractivity contribution >= 4 is 54.3 Å². The average Bonchev–Trinajstić information content (AvgIpc) is 3.49. The van der Waals surface area contributed by atoms with Crippen LogP contribution >= 0.6 is 0 Å². The molecule has 9 aromatic rings. The molecule has 8 aromatic carbocycles. The lowest BCUT2D eigenvalue weighted by Crippen LogP contribution is -1.89. The summed E-state index contributed by atoms with van der Waals surface area (Å²) in [6.45, 7) is 0. The van der Waals surface area contributed by atoms with Crippen LogP contribution in [0.25, 0.3) is 87.6 Å². The number of para-hydroxylation sites is 1. The van der Waals surface area contributed by atoms with Crippen LogP contribution in [-0.2, 0) is 0 Å². The first-order valence-corrected chi connectivity index (χ1v) is 13.7. The average molecular weight is 526 g/mol. The summed E-state index contributed by atoms with van der Waals surface area (Å²) in [6.07, 6.45) is 0. The molecule has 9 rings (SSSR count). The van der Waals surface area contributed by atoms with E-state index in [-0.39, 0.29) is 29.7 Å². The number of hydrogen-bond donors (Lipinski definition) is 0. The van der Waals surface area contributed by atoms with Gasteiger partial charge in [0.25, 0.3) is 0 Å². The molecule has 1 heterocycles. The third-order valence-electron chi connectivity index (χ3n) is 8.33. The molecule has 1 aromatic heterocycles. The Labute approximate surface area is 244 Å². The SMILES string of the molecule is [2H]c1c([2H])c([2H])c(-c2ccc3ccc4c(-c5cccc6oc7c(-c8ccccc8)cccc7c56)ccc5ccc2c3c54)c([2H])c1[2H]. The minimum absolute atomic E-state index is 0.199. The van der Waals surface area contributed by atoms with Crippen molar-refractivity contribution in [3.63, 3.8) is 0 Å². The van der Waals surface area contributed by atoms with Gasteiger partial charge in [-0.1, -0.05) is 139 Å². The largest absolute Gasteiger partial charge is 0.455 e. The summed E-state index contributed by atoms with van der Waals surface area (Å²) in [4.78, 5) is 0. The molecule has 0 unspecified atom stereocenters. The second-order valence-corrected chi connectivity index (χ2v) is 10.5. The monoisotopic (exact) mass is 525 g/mol. The number of benzene rings is 8. The van der Waals surface area contributed by atoms with Crippen molar-refractivity contribution in [3.05, 3.63) is 145 Å². The molecule has 0 bridgehead atoms. The number of rotatable bonds is 3. The first-order valence-electron chi connectivity index (χ1n) is 16.2. The zero-order valence-corrected chi connectivity index (χ0v) is 21.9. The molecule has 0 atom stereocenters. The highest BCUT2D eigenvalue weighted by Gasteiger charge is 2.19. The van der Waals surface area contributed by atoms with Crippen LogP contribution in [0.2, 0.25) is 0 Å². The van der Waals surface area contributed by atoms with E-state index in [4.69, 9.17) is 11.3 Å². The predicted molar refractivity (Wildman–Crippen MR) is 174 cm³/mol. The van der Waals surface area contributed by atoms with Gasteiger partial charge in [-0.2, -0.15) is 0 Å². The third kappa shape index (κ3) is 3.24. The van der Waals surface area contributed by atoms with Crippen molar-refractivity contribution in [2.24, 2.45) is 0 Å². The summed E-state index contributed by atoms with van der Waals surface area (Å²) in [7, 11) is 0. The van der Waals surface area contributed by atoms with E-state index >= 15 is 0 Å². The zero-order chi connectivity index (χ0) is 31.3. The van der Waals surface area contributed by atoms with Gasteiger partial charge in [-0.15, -0.1) is 0 Å². The minimum atomic E-state index is -0.391. The van der Waals surface area contributed by atoms with Gasteiger partial charge >= 0.3 is 0 Å². The lowest BCUT2D eigenvalue weighted by atomic mass is 9.86. The Bertz CT molecular complexity index is 2660. The highest BCUT2D eigenvalue weighted by atomic mass is 16.3. The highest BCUT2D eigenvalue weighted by Crippen LogP contribution is 2.45. The Balaban J connectivity index is 1.34. The predicted octanol–water partition coefficient (Wildman–Crippen LogP) is 11.5. The smallest absolute Gasteiger partial charge is 0.143 e. The Morgan fingerprint density at radius 1 is 0.415 bits per heavy atom. The second-order valence-electron chi connectivity index (χ2n) is 10.5. The first-order chi connectivity index (χ1) is 22.4. The van der Waals surface area contributed by atoms with Gasteiger partial charge in [0.05, 0.1) is 6.85 Å². The van der Waals surface area contributed by atoms with Crippen LogP contribution in [0.15, 0.2) is 150 Å². The van der Waals surface area contributed by atoms with E-state index in [2.05, 4.69) is 66.7 Å². The van der Waals surface area contributed by atoms with Crippen molar-refractivity contribution in [3.8, 4) is 33.4 Å². The van der Waals surface area contributed by atoms with Gasteiger partial charge in [0.2, 0.25) is 0 Å². The maximum absolute atomic E-state index is 8.67. The topological polar surface area (TPSA) is 13.1 Å². The molecule has 1 heteroatoms. The lowest BCUT2D eigenvalue weighted by molar-refractivity contribution is 0.670. The summed E-state index contributed by atoms with van der Waals surface area (Å²) in [6, 6.07) is 37.9. The van der Waals surface area contributed by atoms with Crippen LogP contribution < -0.4 is 0 Å². The van der Waals surface area contributed by atoms with Gasteiger partial charge in [0, 0.05) is 16.3 Å². The van der Waals surface area contributed by atoms with Gasteiger partial charge in [-0.05, 0) is 66.2 Å². The molecule has 190 valence electrons. The van der Waals surface area contributed by atoms with E-state index in [0.29, 0.717) is 5.56 Å². The fourth-order valence-corrected chi connectivity index (χ4v) is 6.56. The minimum Gasteiger partial charge on any atom is -0.455 e. The molecule has 0 amide bonds. The van der Waals surface area contributed by atoms with Gasteiger partial charge in [-0.3, -0.25) is 0 Å². The van der Waals surface area contributed by atoms with Crippen molar-refractivity contribution < 1.29 is 11.3 Å². The van der Waals surface area contributed by atoms with Crippen molar-refractivity contribution in [1.82, 2.24) is 0 Å². The molecule has 0 aliphatic rings. The Morgan fingerprint density at radius 3 is 1.85 bits per heavy atom. The van der Waals surface area contributed by atoms with Crippen LogP contribution in [0.1, 0.15) is 6.85 Å². The van der Waals surface area contributed by atoms with E-state index < -0.39 is 6.04 Å². The number of hydrogen-bond acceptors (Lipinski definition) is 1. The molecule has 0 aliphatic carbocycles. The summed E-state index contributed by atoms with van der Waals surface area (Å²) in [5, 5.41) is 8.24. The van der Waals surface area contributed by atoms with E-state index in [1.54, 1.807) is 0 Å². The Kier molecular flexibility index (Phi) is 3.76. The Morgan fingerprint density at radius 2 is 1.07 bits per heavy atom. The van der Waals surface area contributed by atoms with Crippen LogP contribution in [0, 0.1) is 0 Å². The summed E-state index contributed by atoms with van der Waals surface area (Å²) in [5.74, 6) is 0. The van der Waals surface area contributed by atoms with Crippen molar-refractivity contribution in [1.29, 1.82) is 0 Å². The van der Waals surface area contributed by atoms with Crippen LogP contribution in [-0.4, -0.2) is 0 Å². The molecule has 41 heavy (non-hydrogen) atoms. The maximum Gasteiger partial charge on any atom is 0.143 e. The molecule has 0 saturated carbocycles. The van der Waals surface area contributed by atoms with E-state index in [9.17, 15) is 0 Å². The standard InChI is InChI=1S/C40H24O/c1-3-9-25(10-4-1)29-21-17-27-20-24-34-31(22-18-28-19-23-33(29)37(27)38(28)34)32-14-8-16-36-39(32)35-15-7-13-30(40(35)41-36)26-11-5-2-6-12-26/h1-24H/i1D,3D,4D,9D,10D. The van der Waals surface area contributed by atoms with Gasteiger partial charge in [0.15, 0.2) is 0 Å². The molecule has 0 saturated heterocycles. The zero-order valence-electron chi connectivity index (χ0n) is 26.9. The summed E-state index contributed by atoms with van der Waals surface area (Å²) >= 11 is 0. The molecule has 0 radical (unpaired) electrons. The van der Waals surface area contributed by atoms with Gasteiger partial charge in [-0.25, -0.2) is 0 Å². The van der Waals surface area contributed by atoms with Gasteiger partial charge in [0.1, 0.15) is 11.2 Å². The van der Waals surface area contributed by atoms with E-state index in [1.165, 1.54) is 0 Å². The molecular weight excluding hydrogens is 496 g/mol. The summed E-state index contributed by atoms with van der Waals surface area (Å²) in [5.41, 5.74) is 6.83. The van der Waals surface area contributed by atoms with Crippen molar-refractivity contribution in [2.45, 2.75) is 0 Å². The molecule has 1 nitrogen and oxygen atoms in total. The molecule has 0 spiro atoms. The highest BCUT2D eigenvalue weighted by molar-refractivity contribution is 6.29. The first kappa shape index (κ1) is 18.0. The quantitative estimate of drug-likeness (QED) is 0.209. The lowest BCUT2D eigenvalue weighted by Gasteiger charge is -2.17. The number of furan rings is 1. The van der Waals surface area contributed by atoms with E-state index in [1.807, 2.05) is 48.5 Å². The maximum atomic E-state index is 8.67. The molecular formula is C40H24O. The second kappa shape index (κ2) is 8.55. The third-order valence-corrected chi connectivity index (χ3v) is 8.33. The number of fused-ring (bicyclic) bond motifs is 3. The van der Waals surface area contributed by atoms with Gasteiger partial charge < -0.3 is 4.42 Å². The normalized spacial score (nSPS) is 13.6. The fraction of sp³-hybridized carbons (Fsp3) is 0. The molecule has 0 aliphatic heterocycles.